The van der Waals surface area contributed by atoms with Gasteiger partial charge in [-0.15, -0.1) is 0 Å². The second-order valence-corrected chi connectivity index (χ2v) is 6.76. The fourth-order valence-electron chi connectivity index (χ4n) is 1.35. The van der Waals surface area contributed by atoms with E-state index in [1.165, 1.54) is 11.5 Å². The Kier molecular flexibility index (Phi) is 5.00. The summed E-state index contributed by atoms with van der Waals surface area (Å²) in [5, 5.41) is 3.35. The molecule has 2 rings (SSSR count). The molecule has 0 bridgehead atoms. The number of amides is 1. The minimum absolute atomic E-state index is 0.205. The molecular weight excluding hydrogens is 399 g/mol. The third-order valence-corrected chi connectivity index (χ3v) is 4.44. The smallest absolute Gasteiger partial charge is 0.412 e. The van der Waals surface area contributed by atoms with E-state index in [2.05, 4.69) is 32.3 Å². The highest BCUT2D eigenvalue weighted by Crippen LogP contribution is 2.25. The molecule has 0 aliphatic rings. The van der Waals surface area contributed by atoms with Crippen LogP contribution < -0.4 is 5.32 Å². The molecular formula is C12H10ClIN2O2S. The number of anilines is 1. The number of nitrogens with one attached hydrogen (secondary N) is 1. The van der Waals surface area contributed by atoms with Gasteiger partial charge in [-0.1, -0.05) is 23.7 Å². The second kappa shape index (κ2) is 6.53. The monoisotopic (exact) mass is 408 g/mol. The maximum absolute atomic E-state index is 11.7. The van der Waals surface area contributed by atoms with Crippen LogP contribution in [0.25, 0.3) is 0 Å². The van der Waals surface area contributed by atoms with E-state index >= 15 is 0 Å². The predicted octanol–water partition coefficient (Wildman–Crippen LogP) is 4.46. The molecule has 19 heavy (non-hydrogen) atoms. The molecule has 1 N–H and O–H groups in total. The molecule has 1 aromatic carbocycles. The number of hydrogen-bond donors (Lipinski definition) is 1. The summed E-state index contributed by atoms with van der Waals surface area (Å²) in [6, 6.07) is 7.15. The molecule has 1 aromatic heterocycles. The number of benzene rings is 1. The Hall–Kier alpha value is -0.860. The number of hydrogen-bond acceptors (Lipinski definition) is 4. The van der Waals surface area contributed by atoms with Crippen LogP contribution in [0.5, 0.6) is 0 Å². The number of aromatic nitrogens is 1. The molecule has 0 aliphatic carbocycles. The van der Waals surface area contributed by atoms with Gasteiger partial charge in [0.1, 0.15) is 9.49 Å². The van der Waals surface area contributed by atoms with Crippen LogP contribution in [-0.4, -0.2) is 10.5 Å². The maximum atomic E-state index is 11.7. The summed E-state index contributed by atoms with van der Waals surface area (Å²) in [7, 11) is 0. The first-order valence-corrected chi connectivity index (χ1v) is 7.59. The SMILES string of the molecule is Cc1nsc(I)c1NC(=O)OCc1ccc(Cl)cc1. The molecule has 1 heterocycles. The van der Waals surface area contributed by atoms with Crippen LogP contribution in [0.2, 0.25) is 5.02 Å². The molecule has 0 unspecified atom stereocenters. The van der Waals surface area contributed by atoms with Crippen molar-refractivity contribution in [1.82, 2.24) is 4.37 Å². The summed E-state index contributed by atoms with van der Waals surface area (Å²) in [5.41, 5.74) is 2.39. The maximum Gasteiger partial charge on any atom is 0.412 e. The molecule has 4 nitrogen and oxygen atoms in total. The molecule has 2 aromatic rings. The quantitative estimate of drug-likeness (QED) is 0.763. The summed E-state index contributed by atoms with van der Waals surface area (Å²) in [6.45, 7) is 2.05. The fraction of sp³-hybridized carbons (Fsp3) is 0.167. The van der Waals surface area contributed by atoms with Crippen molar-refractivity contribution in [2.45, 2.75) is 13.5 Å². The average Bonchev–Trinajstić information content (AvgIpc) is 2.70. The van der Waals surface area contributed by atoms with Crippen molar-refractivity contribution in [3.63, 3.8) is 0 Å². The zero-order valence-corrected chi connectivity index (χ0v) is 13.7. The number of halogens is 2. The normalized spacial score (nSPS) is 10.3. The number of carbonyl (C=O) groups excluding carboxylic acids is 1. The van der Waals surface area contributed by atoms with Crippen molar-refractivity contribution < 1.29 is 9.53 Å². The Morgan fingerprint density at radius 2 is 2.16 bits per heavy atom. The minimum Gasteiger partial charge on any atom is -0.444 e. The lowest BCUT2D eigenvalue weighted by Gasteiger charge is -2.07. The third-order valence-electron chi connectivity index (χ3n) is 2.33. The van der Waals surface area contributed by atoms with Gasteiger partial charge >= 0.3 is 6.09 Å². The van der Waals surface area contributed by atoms with E-state index in [1.54, 1.807) is 12.1 Å². The van der Waals surface area contributed by atoms with E-state index < -0.39 is 6.09 Å². The first-order chi connectivity index (χ1) is 9.06. The van der Waals surface area contributed by atoms with Gasteiger partial charge < -0.3 is 4.74 Å². The molecule has 0 fully saturated rings. The van der Waals surface area contributed by atoms with Crippen molar-refractivity contribution in [3.05, 3.63) is 43.4 Å². The van der Waals surface area contributed by atoms with Crippen LogP contribution in [0.4, 0.5) is 10.5 Å². The van der Waals surface area contributed by atoms with Gasteiger partial charge in [0.05, 0.1) is 11.4 Å². The highest BCUT2D eigenvalue weighted by atomic mass is 127. The molecule has 0 atom stereocenters. The van der Waals surface area contributed by atoms with Gasteiger partial charge in [-0.3, -0.25) is 5.32 Å². The predicted molar refractivity (Wildman–Crippen MR) is 84.8 cm³/mol. The summed E-state index contributed by atoms with van der Waals surface area (Å²) < 4.78 is 10.2. The van der Waals surface area contributed by atoms with E-state index in [0.717, 1.165) is 14.1 Å². The zero-order chi connectivity index (χ0) is 13.8. The molecule has 0 saturated carbocycles. The van der Waals surface area contributed by atoms with Crippen LogP contribution in [0.1, 0.15) is 11.3 Å². The van der Waals surface area contributed by atoms with E-state index in [-0.39, 0.29) is 6.61 Å². The summed E-state index contributed by atoms with van der Waals surface area (Å²) >= 11 is 9.25. The van der Waals surface area contributed by atoms with Crippen molar-refractivity contribution in [1.29, 1.82) is 0 Å². The van der Waals surface area contributed by atoms with Crippen LogP contribution >= 0.6 is 45.7 Å². The Morgan fingerprint density at radius 1 is 1.47 bits per heavy atom. The van der Waals surface area contributed by atoms with Crippen LogP contribution in [0.15, 0.2) is 24.3 Å². The van der Waals surface area contributed by atoms with Gasteiger partial charge in [0.2, 0.25) is 0 Å². The topological polar surface area (TPSA) is 51.2 Å². The Labute approximate surface area is 133 Å². The zero-order valence-electron chi connectivity index (χ0n) is 9.94. The van der Waals surface area contributed by atoms with Crippen LogP contribution in [0, 0.1) is 9.81 Å². The number of ether oxygens (including phenoxy) is 1. The Bertz CT molecular complexity index is 566. The summed E-state index contributed by atoms with van der Waals surface area (Å²) in [6.07, 6.45) is -0.490. The average molecular weight is 409 g/mol. The molecule has 0 aliphatic heterocycles. The minimum atomic E-state index is -0.490. The van der Waals surface area contributed by atoms with Crippen molar-refractivity contribution in [2.75, 3.05) is 5.32 Å². The molecule has 0 radical (unpaired) electrons. The first kappa shape index (κ1) is 14.5. The number of rotatable bonds is 3. The van der Waals surface area contributed by atoms with E-state index in [0.29, 0.717) is 10.7 Å². The van der Waals surface area contributed by atoms with Gasteiger partial charge in [-0.2, -0.15) is 4.37 Å². The number of nitrogens with zero attached hydrogens (tertiary/aromatic N) is 1. The largest absolute Gasteiger partial charge is 0.444 e. The lowest BCUT2D eigenvalue weighted by atomic mass is 10.2. The van der Waals surface area contributed by atoms with Gasteiger partial charge in [-0.05, 0) is 58.7 Å². The summed E-state index contributed by atoms with van der Waals surface area (Å²) in [5.74, 6) is 0. The number of aryl methyl sites for hydroxylation is 1. The fourth-order valence-corrected chi connectivity index (χ4v) is 2.89. The Balaban J connectivity index is 1.90. The number of carbonyl (C=O) groups is 1. The second-order valence-electron chi connectivity index (χ2n) is 3.74. The van der Waals surface area contributed by atoms with Crippen LogP contribution in [-0.2, 0) is 11.3 Å². The van der Waals surface area contributed by atoms with Crippen LogP contribution in [0.3, 0.4) is 0 Å². The highest BCUT2D eigenvalue weighted by Gasteiger charge is 2.12. The van der Waals surface area contributed by atoms with Gasteiger partial charge in [0.25, 0.3) is 0 Å². The first-order valence-electron chi connectivity index (χ1n) is 5.36. The van der Waals surface area contributed by atoms with Crippen molar-refractivity contribution in [2.24, 2.45) is 0 Å². The van der Waals surface area contributed by atoms with E-state index in [1.807, 2.05) is 19.1 Å². The molecule has 100 valence electrons. The Morgan fingerprint density at radius 3 is 2.74 bits per heavy atom. The summed E-state index contributed by atoms with van der Waals surface area (Å²) in [4.78, 5) is 11.7. The van der Waals surface area contributed by atoms with Gasteiger partial charge in [0.15, 0.2) is 0 Å². The molecule has 1 amide bonds. The van der Waals surface area contributed by atoms with Crippen molar-refractivity contribution in [3.8, 4) is 0 Å². The van der Waals surface area contributed by atoms with E-state index in [9.17, 15) is 4.79 Å². The molecule has 0 saturated heterocycles. The van der Waals surface area contributed by atoms with Gasteiger partial charge in [0, 0.05) is 5.02 Å². The lowest BCUT2D eigenvalue weighted by molar-refractivity contribution is 0.155. The standard InChI is InChI=1S/C12H10ClIN2O2S/c1-7-10(11(14)19-16-7)15-12(17)18-6-8-2-4-9(13)5-3-8/h2-5H,6H2,1H3,(H,15,17). The third kappa shape index (κ3) is 4.05. The highest BCUT2D eigenvalue weighted by molar-refractivity contribution is 14.1. The lowest BCUT2D eigenvalue weighted by Crippen LogP contribution is -2.14. The van der Waals surface area contributed by atoms with Crippen molar-refractivity contribution >= 4 is 57.5 Å². The molecule has 7 heteroatoms. The van der Waals surface area contributed by atoms with Gasteiger partial charge in [-0.25, -0.2) is 4.79 Å². The molecule has 0 spiro atoms. The van der Waals surface area contributed by atoms with E-state index in [4.69, 9.17) is 16.3 Å².